The van der Waals surface area contributed by atoms with Crippen LogP contribution in [0.2, 0.25) is 0 Å². The fourth-order valence-corrected chi connectivity index (χ4v) is 3.35. The number of rotatable bonds is 8. The Bertz CT molecular complexity index is 681. The van der Waals surface area contributed by atoms with Crippen LogP contribution >= 0.6 is 0 Å². The molecule has 0 aliphatic carbocycles. The van der Waals surface area contributed by atoms with Crippen LogP contribution < -0.4 is 9.62 Å². The Hall–Kier alpha value is -1.74. The van der Waals surface area contributed by atoms with E-state index in [1.54, 1.807) is 0 Å². The Balaban J connectivity index is 2.92. The minimum atomic E-state index is -3.86. The SMILES string of the molecule is C[C@@H](C(=O)NCCCN(C)C)N(c1ccc(F)c(F)c1)S(C)(=O)=O. The lowest BCUT2D eigenvalue weighted by Gasteiger charge is -2.28. The first-order chi connectivity index (χ1) is 11.0. The zero-order valence-electron chi connectivity index (χ0n) is 14.2. The number of carbonyl (C=O) groups excluding carboxylic acids is 1. The average molecular weight is 363 g/mol. The Kier molecular flexibility index (Phi) is 7.09. The number of hydrogen-bond acceptors (Lipinski definition) is 4. The van der Waals surface area contributed by atoms with Crippen molar-refractivity contribution in [3.63, 3.8) is 0 Å². The maximum absolute atomic E-state index is 13.4. The largest absolute Gasteiger partial charge is 0.354 e. The summed E-state index contributed by atoms with van der Waals surface area (Å²) in [7, 11) is -0.0573. The number of nitrogens with zero attached hydrogens (tertiary/aromatic N) is 2. The van der Waals surface area contributed by atoms with Gasteiger partial charge in [0.05, 0.1) is 11.9 Å². The maximum Gasteiger partial charge on any atom is 0.243 e. The summed E-state index contributed by atoms with van der Waals surface area (Å²) in [5.74, 6) is -2.78. The van der Waals surface area contributed by atoms with E-state index in [1.165, 1.54) is 6.92 Å². The van der Waals surface area contributed by atoms with E-state index in [4.69, 9.17) is 0 Å². The van der Waals surface area contributed by atoms with Crippen LogP contribution in [-0.4, -0.2) is 58.7 Å². The lowest BCUT2D eigenvalue weighted by atomic mass is 10.2. The van der Waals surface area contributed by atoms with E-state index in [1.807, 2.05) is 19.0 Å². The molecule has 24 heavy (non-hydrogen) atoms. The number of halogens is 2. The minimum Gasteiger partial charge on any atom is -0.354 e. The summed E-state index contributed by atoms with van der Waals surface area (Å²) in [4.78, 5) is 14.2. The second-order valence-electron chi connectivity index (χ2n) is 5.78. The molecule has 0 saturated heterocycles. The van der Waals surface area contributed by atoms with Gasteiger partial charge in [0, 0.05) is 12.6 Å². The molecule has 0 aliphatic rings. The van der Waals surface area contributed by atoms with Crippen molar-refractivity contribution in [2.24, 2.45) is 0 Å². The van der Waals surface area contributed by atoms with Crippen molar-refractivity contribution in [2.75, 3.05) is 37.7 Å². The molecule has 1 atom stereocenters. The van der Waals surface area contributed by atoms with E-state index in [-0.39, 0.29) is 5.69 Å². The Labute approximate surface area is 141 Å². The number of hydrogen-bond donors (Lipinski definition) is 1. The topological polar surface area (TPSA) is 69.7 Å². The first-order valence-electron chi connectivity index (χ1n) is 7.41. The molecule has 1 rings (SSSR count). The highest BCUT2D eigenvalue weighted by Crippen LogP contribution is 2.23. The van der Waals surface area contributed by atoms with Crippen LogP contribution in [0.4, 0.5) is 14.5 Å². The molecule has 0 heterocycles. The molecular formula is C15H23F2N3O3S. The molecule has 0 saturated carbocycles. The van der Waals surface area contributed by atoms with Gasteiger partial charge in [-0.1, -0.05) is 0 Å². The molecule has 0 bridgehead atoms. The molecular weight excluding hydrogens is 340 g/mol. The second-order valence-corrected chi connectivity index (χ2v) is 7.64. The number of anilines is 1. The highest BCUT2D eigenvalue weighted by Gasteiger charge is 2.29. The van der Waals surface area contributed by atoms with Crippen LogP contribution in [-0.2, 0) is 14.8 Å². The van der Waals surface area contributed by atoms with Gasteiger partial charge in [0.15, 0.2) is 11.6 Å². The molecule has 9 heteroatoms. The Morgan fingerprint density at radius 2 is 1.88 bits per heavy atom. The number of nitrogens with one attached hydrogen (secondary N) is 1. The second kappa shape index (κ2) is 8.39. The van der Waals surface area contributed by atoms with E-state index >= 15 is 0 Å². The third kappa shape index (κ3) is 5.72. The summed E-state index contributed by atoms with van der Waals surface area (Å²) in [6.45, 7) is 2.55. The number of amides is 1. The summed E-state index contributed by atoms with van der Waals surface area (Å²) in [6.07, 6.45) is 1.61. The van der Waals surface area contributed by atoms with Gasteiger partial charge in [-0.3, -0.25) is 9.10 Å². The summed E-state index contributed by atoms with van der Waals surface area (Å²) in [5.41, 5.74) is -0.104. The normalized spacial score (nSPS) is 13.0. The van der Waals surface area contributed by atoms with Crippen molar-refractivity contribution >= 4 is 21.6 Å². The van der Waals surface area contributed by atoms with Crippen LogP contribution in [0, 0.1) is 11.6 Å². The number of benzene rings is 1. The zero-order chi connectivity index (χ0) is 18.5. The predicted molar refractivity (Wildman–Crippen MR) is 89.3 cm³/mol. The summed E-state index contributed by atoms with van der Waals surface area (Å²) in [5, 5.41) is 2.65. The van der Waals surface area contributed by atoms with E-state index in [0.717, 1.165) is 35.3 Å². The van der Waals surface area contributed by atoms with Crippen LogP contribution in [0.15, 0.2) is 18.2 Å². The van der Waals surface area contributed by atoms with Gasteiger partial charge in [-0.05, 0) is 46.1 Å². The molecule has 0 unspecified atom stereocenters. The monoisotopic (exact) mass is 363 g/mol. The highest BCUT2D eigenvalue weighted by molar-refractivity contribution is 7.92. The number of sulfonamides is 1. The van der Waals surface area contributed by atoms with Crippen molar-refractivity contribution in [3.05, 3.63) is 29.8 Å². The molecule has 1 N–H and O–H groups in total. The van der Waals surface area contributed by atoms with E-state index in [0.29, 0.717) is 13.0 Å². The molecule has 6 nitrogen and oxygen atoms in total. The average Bonchev–Trinajstić information content (AvgIpc) is 2.45. The van der Waals surface area contributed by atoms with Gasteiger partial charge in [0.1, 0.15) is 6.04 Å². The van der Waals surface area contributed by atoms with Crippen LogP contribution in [0.25, 0.3) is 0 Å². The van der Waals surface area contributed by atoms with E-state index < -0.39 is 33.6 Å². The van der Waals surface area contributed by atoms with E-state index in [9.17, 15) is 22.0 Å². The van der Waals surface area contributed by atoms with Crippen molar-refractivity contribution in [1.82, 2.24) is 10.2 Å². The van der Waals surface area contributed by atoms with E-state index in [2.05, 4.69) is 5.32 Å². The molecule has 0 aromatic heterocycles. The van der Waals surface area contributed by atoms with Gasteiger partial charge >= 0.3 is 0 Å². The smallest absolute Gasteiger partial charge is 0.243 e. The lowest BCUT2D eigenvalue weighted by molar-refractivity contribution is -0.121. The number of carbonyl (C=O) groups is 1. The molecule has 1 aromatic carbocycles. The van der Waals surface area contributed by atoms with Gasteiger partial charge < -0.3 is 10.2 Å². The minimum absolute atomic E-state index is 0.104. The van der Waals surface area contributed by atoms with Crippen molar-refractivity contribution in [3.8, 4) is 0 Å². The molecule has 1 amide bonds. The summed E-state index contributed by atoms with van der Waals surface area (Å²) < 4.78 is 51.3. The molecule has 0 radical (unpaired) electrons. The standard InChI is InChI=1S/C15H23F2N3O3S/c1-11(15(21)18-8-5-9-19(2)3)20(24(4,22)23)12-6-7-13(16)14(17)10-12/h6-7,10-11H,5,8-9H2,1-4H3,(H,18,21)/t11-/m0/s1. The predicted octanol–water partition coefficient (Wildman–Crippen LogP) is 1.19. The third-order valence-corrected chi connectivity index (χ3v) is 4.57. The Morgan fingerprint density at radius 3 is 2.38 bits per heavy atom. The molecule has 136 valence electrons. The van der Waals surface area contributed by atoms with Gasteiger partial charge in [0.25, 0.3) is 0 Å². The van der Waals surface area contributed by atoms with Crippen molar-refractivity contribution in [1.29, 1.82) is 0 Å². The molecule has 0 spiro atoms. The molecule has 1 aromatic rings. The third-order valence-electron chi connectivity index (χ3n) is 3.33. The fraction of sp³-hybridized carbons (Fsp3) is 0.533. The fourth-order valence-electron chi connectivity index (χ4n) is 2.19. The van der Waals surface area contributed by atoms with Gasteiger partial charge in [0.2, 0.25) is 15.9 Å². The summed E-state index contributed by atoms with van der Waals surface area (Å²) in [6, 6.07) is 1.61. The lowest BCUT2D eigenvalue weighted by Crippen LogP contribution is -2.48. The zero-order valence-corrected chi connectivity index (χ0v) is 15.0. The first-order valence-corrected chi connectivity index (χ1v) is 9.25. The van der Waals surface area contributed by atoms with Crippen molar-refractivity contribution < 1.29 is 22.0 Å². The van der Waals surface area contributed by atoms with Gasteiger partial charge in [-0.2, -0.15) is 0 Å². The maximum atomic E-state index is 13.4. The van der Waals surface area contributed by atoms with Crippen LogP contribution in [0.5, 0.6) is 0 Å². The van der Waals surface area contributed by atoms with Gasteiger partial charge in [-0.25, -0.2) is 17.2 Å². The molecule has 0 fully saturated rings. The van der Waals surface area contributed by atoms with Crippen LogP contribution in [0.1, 0.15) is 13.3 Å². The summed E-state index contributed by atoms with van der Waals surface area (Å²) >= 11 is 0. The highest BCUT2D eigenvalue weighted by atomic mass is 32.2. The first kappa shape index (κ1) is 20.3. The Morgan fingerprint density at radius 1 is 1.25 bits per heavy atom. The quantitative estimate of drug-likeness (QED) is 0.705. The molecule has 0 aliphatic heterocycles. The van der Waals surface area contributed by atoms with Crippen molar-refractivity contribution in [2.45, 2.75) is 19.4 Å². The van der Waals surface area contributed by atoms with Crippen LogP contribution in [0.3, 0.4) is 0 Å². The van der Waals surface area contributed by atoms with Gasteiger partial charge in [-0.15, -0.1) is 0 Å².